The van der Waals surface area contributed by atoms with Crippen LogP contribution < -0.4 is 10.6 Å². The molecule has 0 aromatic heterocycles. The van der Waals surface area contributed by atoms with Crippen molar-refractivity contribution in [2.45, 2.75) is 18.4 Å². The molecular formula is C9H16N3O2+. The first-order valence-electron chi connectivity index (χ1n) is 4.89. The fourth-order valence-corrected chi connectivity index (χ4v) is 2.10. The Balaban J connectivity index is 2.13. The van der Waals surface area contributed by atoms with Gasteiger partial charge in [-0.3, -0.25) is 10.1 Å². The molecule has 2 rings (SSSR count). The van der Waals surface area contributed by atoms with E-state index in [0.717, 1.165) is 30.4 Å². The van der Waals surface area contributed by atoms with Crippen LogP contribution in [0.25, 0.3) is 0 Å². The zero-order valence-corrected chi connectivity index (χ0v) is 8.59. The summed E-state index contributed by atoms with van der Waals surface area (Å²) in [5.74, 6) is -0.151. The fourth-order valence-electron chi connectivity index (χ4n) is 2.10. The van der Waals surface area contributed by atoms with Crippen LogP contribution in [0.4, 0.5) is 4.79 Å². The number of piperidine rings is 1. The molecule has 2 heterocycles. The van der Waals surface area contributed by atoms with Gasteiger partial charge in [-0.2, -0.15) is 0 Å². The van der Waals surface area contributed by atoms with Crippen LogP contribution in [-0.2, 0) is 4.79 Å². The van der Waals surface area contributed by atoms with Crippen LogP contribution in [0.1, 0.15) is 12.8 Å². The molecule has 0 bridgehead atoms. The van der Waals surface area contributed by atoms with E-state index in [4.69, 9.17) is 0 Å². The number of rotatable bonds is 0. The molecule has 2 saturated heterocycles. The van der Waals surface area contributed by atoms with Crippen LogP contribution >= 0.6 is 0 Å². The predicted molar refractivity (Wildman–Crippen MR) is 50.5 cm³/mol. The maximum atomic E-state index is 11.6. The first kappa shape index (κ1) is 9.45. The number of amides is 3. The second-order valence-corrected chi connectivity index (χ2v) is 4.87. The number of carbonyl (C=O) groups is 2. The highest BCUT2D eigenvalue weighted by Gasteiger charge is 2.50. The van der Waals surface area contributed by atoms with Crippen molar-refractivity contribution in [3.05, 3.63) is 0 Å². The maximum absolute atomic E-state index is 11.6. The first-order valence-corrected chi connectivity index (χ1v) is 4.89. The Morgan fingerprint density at radius 1 is 1.21 bits per heavy atom. The van der Waals surface area contributed by atoms with Crippen LogP contribution in [0.3, 0.4) is 0 Å². The van der Waals surface area contributed by atoms with E-state index < -0.39 is 5.54 Å². The van der Waals surface area contributed by atoms with Crippen molar-refractivity contribution in [2.75, 3.05) is 27.2 Å². The molecule has 0 aromatic carbocycles. The van der Waals surface area contributed by atoms with Gasteiger partial charge in [-0.25, -0.2) is 4.79 Å². The van der Waals surface area contributed by atoms with E-state index in [1.54, 1.807) is 0 Å². The number of likely N-dealkylation sites (tertiary alicyclic amines) is 1. The summed E-state index contributed by atoms with van der Waals surface area (Å²) in [6.07, 6.45) is 1.47. The van der Waals surface area contributed by atoms with E-state index in [-0.39, 0.29) is 11.9 Å². The summed E-state index contributed by atoms with van der Waals surface area (Å²) in [4.78, 5) is 22.6. The third kappa shape index (κ3) is 1.37. The van der Waals surface area contributed by atoms with Gasteiger partial charge in [-0.05, 0) is 0 Å². The van der Waals surface area contributed by atoms with E-state index in [9.17, 15) is 9.59 Å². The second-order valence-electron chi connectivity index (χ2n) is 4.87. The lowest BCUT2D eigenvalue weighted by Gasteiger charge is -2.40. The van der Waals surface area contributed by atoms with E-state index in [1.165, 1.54) is 0 Å². The largest absolute Gasteiger partial charge is 0.328 e. The molecule has 0 aromatic rings. The molecule has 5 heteroatoms. The molecule has 3 amide bonds. The highest BCUT2D eigenvalue weighted by Crippen LogP contribution is 2.27. The minimum Gasteiger partial charge on any atom is -0.328 e. The molecule has 2 aliphatic heterocycles. The SMILES string of the molecule is C[N+]1(C)CCC2(CC1)NC(=O)NC2=O. The standard InChI is InChI=1S/C9H15N3O2/c1-12(2)5-3-9(4-6-12)7(13)10-8(14)11-9/h3-6H2,1-2H3,(H-,10,11,13,14)/p+1. The van der Waals surface area contributed by atoms with Crippen molar-refractivity contribution in [3.63, 3.8) is 0 Å². The van der Waals surface area contributed by atoms with Crippen molar-refractivity contribution >= 4 is 11.9 Å². The molecule has 2 fully saturated rings. The smallest absolute Gasteiger partial charge is 0.322 e. The van der Waals surface area contributed by atoms with Gasteiger partial charge in [0.1, 0.15) is 5.54 Å². The molecule has 0 saturated carbocycles. The molecule has 1 spiro atoms. The molecule has 0 atom stereocenters. The minimum atomic E-state index is -0.606. The molecule has 5 nitrogen and oxygen atoms in total. The lowest BCUT2D eigenvalue weighted by molar-refractivity contribution is -0.895. The lowest BCUT2D eigenvalue weighted by atomic mass is 9.87. The number of quaternary nitrogens is 1. The Hall–Kier alpha value is -1.10. The van der Waals surface area contributed by atoms with Gasteiger partial charge in [0.2, 0.25) is 0 Å². The number of hydrogen-bond acceptors (Lipinski definition) is 2. The van der Waals surface area contributed by atoms with Crippen molar-refractivity contribution in [1.82, 2.24) is 10.6 Å². The van der Waals surface area contributed by atoms with Crippen LogP contribution in [0, 0.1) is 0 Å². The van der Waals surface area contributed by atoms with Gasteiger partial charge in [-0.1, -0.05) is 0 Å². The van der Waals surface area contributed by atoms with Crippen LogP contribution in [0.2, 0.25) is 0 Å². The minimum absolute atomic E-state index is 0.151. The predicted octanol–water partition coefficient (Wildman–Crippen LogP) is -0.565. The summed E-state index contributed by atoms with van der Waals surface area (Å²) in [6.45, 7) is 1.85. The lowest BCUT2D eigenvalue weighted by Crippen LogP contribution is -2.59. The summed E-state index contributed by atoms with van der Waals surface area (Å²) in [7, 11) is 4.28. The van der Waals surface area contributed by atoms with E-state index in [1.807, 2.05) is 0 Å². The summed E-state index contributed by atoms with van der Waals surface area (Å²) in [5, 5.41) is 5.06. The average Bonchev–Trinajstić information content (AvgIpc) is 2.35. The molecule has 0 radical (unpaired) electrons. The Morgan fingerprint density at radius 2 is 1.79 bits per heavy atom. The third-order valence-electron chi connectivity index (χ3n) is 3.30. The molecule has 0 aliphatic carbocycles. The Bertz CT molecular complexity index is 288. The normalized spacial score (nSPS) is 28.7. The molecule has 0 unspecified atom stereocenters. The Morgan fingerprint density at radius 3 is 2.21 bits per heavy atom. The van der Waals surface area contributed by atoms with Crippen LogP contribution in [-0.4, -0.2) is 49.1 Å². The van der Waals surface area contributed by atoms with E-state index in [0.29, 0.717) is 0 Å². The van der Waals surface area contributed by atoms with Crippen molar-refractivity contribution < 1.29 is 14.1 Å². The van der Waals surface area contributed by atoms with Gasteiger partial charge < -0.3 is 9.80 Å². The van der Waals surface area contributed by atoms with Gasteiger partial charge in [0, 0.05) is 12.8 Å². The molecule has 14 heavy (non-hydrogen) atoms. The summed E-state index contributed by atoms with van der Waals surface area (Å²) in [5.41, 5.74) is -0.606. The van der Waals surface area contributed by atoms with E-state index in [2.05, 4.69) is 24.7 Å². The fraction of sp³-hybridized carbons (Fsp3) is 0.778. The Kier molecular flexibility index (Phi) is 1.82. The summed E-state index contributed by atoms with van der Waals surface area (Å²) in [6, 6.07) is -0.345. The Labute approximate surface area is 83.0 Å². The van der Waals surface area contributed by atoms with Gasteiger partial charge in [0.15, 0.2) is 0 Å². The van der Waals surface area contributed by atoms with Crippen molar-refractivity contribution in [1.29, 1.82) is 0 Å². The summed E-state index contributed by atoms with van der Waals surface area (Å²) >= 11 is 0. The van der Waals surface area contributed by atoms with Crippen LogP contribution in [0.5, 0.6) is 0 Å². The number of nitrogens with one attached hydrogen (secondary N) is 2. The molecular weight excluding hydrogens is 182 g/mol. The van der Waals surface area contributed by atoms with Gasteiger partial charge in [0.25, 0.3) is 5.91 Å². The first-order chi connectivity index (χ1) is 6.44. The van der Waals surface area contributed by atoms with E-state index >= 15 is 0 Å². The number of nitrogens with zero attached hydrogens (tertiary/aromatic N) is 1. The molecule has 78 valence electrons. The van der Waals surface area contributed by atoms with Crippen LogP contribution in [0.15, 0.2) is 0 Å². The highest BCUT2D eigenvalue weighted by atomic mass is 16.2. The molecule has 2 N–H and O–H groups in total. The number of imide groups is 1. The van der Waals surface area contributed by atoms with Crippen molar-refractivity contribution in [2.24, 2.45) is 0 Å². The third-order valence-corrected chi connectivity index (χ3v) is 3.30. The second kappa shape index (κ2) is 2.70. The topological polar surface area (TPSA) is 58.2 Å². The number of carbonyl (C=O) groups excluding carboxylic acids is 2. The number of urea groups is 1. The monoisotopic (exact) mass is 198 g/mol. The maximum Gasteiger partial charge on any atom is 0.322 e. The molecule has 2 aliphatic rings. The quantitative estimate of drug-likeness (QED) is 0.405. The number of hydrogen-bond donors (Lipinski definition) is 2. The van der Waals surface area contributed by atoms with Gasteiger partial charge in [-0.15, -0.1) is 0 Å². The zero-order chi connectivity index (χ0) is 10.4. The average molecular weight is 198 g/mol. The highest BCUT2D eigenvalue weighted by molar-refractivity contribution is 6.07. The van der Waals surface area contributed by atoms with Gasteiger partial charge >= 0.3 is 6.03 Å². The summed E-state index contributed by atoms with van der Waals surface area (Å²) < 4.78 is 0.922. The van der Waals surface area contributed by atoms with Gasteiger partial charge in [0.05, 0.1) is 27.2 Å². The zero-order valence-electron chi connectivity index (χ0n) is 8.59. The van der Waals surface area contributed by atoms with Crippen molar-refractivity contribution in [3.8, 4) is 0 Å².